The number of ether oxygens (including phenoxy) is 3. The number of fused-ring (bicyclic) bond motifs is 1. The van der Waals surface area contributed by atoms with E-state index in [0.717, 1.165) is 12.0 Å². The van der Waals surface area contributed by atoms with E-state index in [1.807, 2.05) is 30.3 Å². The molecule has 1 aliphatic rings. The molecule has 2 aromatic rings. The summed E-state index contributed by atoms with van der Waals surface area (Å²) < 4.78 is 16.4. The fourth-order valence-electron chi connectivity index (χ4n) is 2.71. The Labute approximate surface area is 174 Å². The smallest absolute Gasteiger partial charge is 0.331 e. The number of nitrogens with one attached hydrogen (secondary N) is 1. The van der Waals surface area contributed by atoms with E-state index in [2.05, 4.69) is 5.32 Å². The number of benzene rings is 2. The van der Waals surface area contributed by atoms with Crippen LogP contribution in [0, 0.1) is 0 Å². The predicted molar refractivity (Wildman–Crippen MR) is 110 cm³/mol. The van der Waals surface area contributed by atoms with Crippen LogP contribution in [0.2, 0.25) is 5.02 Å². The first kappa shape index (κ1) is 20.7. The third kappa shape index (κ3) is 5.99. The molecule has 1 N–H and O–H groups in total. The molecule has 1 heterocycles. The van der Waals surface area contributed by atoms with Crippen LogP contribution in [0.4, 0.5) is 0 Å². The van der Waals surface area contributed by atoms with Gasteiger partial charge in [0, 0.05) is 19.0 Å². The summed E-state index contributed by atoms with van der Waals surface area (Å²) in [5, 5.41) is 3.15. The largest absolute Gasteiger partial charge is 0.489 e. The van der Waals surface area contributed by atoms with Gasteiger partial charge in [0.2, 0.25) is 0 Å². The van der Waals surface area contributed by atoms with Gasteiger partial charge in [-0.3, -0.25) is 4.79 Å². The Hall–Kier alpha value is -2.99. The highest BCUT2D eigenvalue weighted by Crippen LogP contribution is 2.38. The second-order valence-electron chi connectivity index (χ2n) is 6.50. The van der Waals surface area contributed by atoms with E-state index in [-0.39, 0.29) is 5.91 Å². The van der Waals surface area contributed by atoms with Crippen molar-refractivity contribution in [2.45, 2.75) is 26.0 Å². The SMILES string of the molecule is C[C@@H](OC(=O)/C=C/c1cc(Cl)c2c(c1)OCCCO2)C(=O)NCc1ccccc1. The standard InChI is InChI=1S/C22H22ClNO5/c1-15(22(26)24-14-16-6-3-2-4-7-16)29-20(25)9-8-17-12-18(23)21-19(13-17)27-10-5-11-28-21/h2-4,6-9,12-13,15H,5,10-11,14H2,1H3,(H,24,26)/b9-8+/t15-/m1/s1. The first-order valence-corrected chi connectivity index (χ1v) is 9.70. The predicted octanol–water partition coefficient (Wildman–Crippen LogP) is 3.76. The molecular formula is C22H22ClNO5. The van der Waals surface area contributed by atoms with E-state index in [4.69, 9.17) is 25.8 Å². The minimum absolute atomic E-state index is 0.366. The van der Waals surface area contributed by atoms with Crippen molar-refractivity contribution in [1.82, 2.24) is 5.32 Å². The summed E-state index contributed by atoms with van der Waals surface area (Å²) in [6.45, 7) is 2.97. The molecule has 3 rings (SSSR count). The van der Waals surface area contributed by atoms with Gasteiger partial charge >= 0.3 is 5.97 Å². The van der Waals surface area contributed by atoms with Crippen LogP contribution in [0.15, 0.2) is 48.5 Å². The Kier molecular flexibility index (Phi) is 7.14. The summed E-state index contributed by atoms with van der Waals surface area (Å²) in [5.41, 5.74) is 1.63. The van der Waals surface area contributed by atoms with Crippen LogP contribution in [0.3, 0.4) is 0 Å². The number of amides is 1. The third-order valence-electron chi connectivity index (χ3n) is 4.21. The molecule has 0 aromatic heterocycles. The fourth-order valence-corrected chi connectivity index (χ4v) is 2.98. The molecule has 0 bridgehead atoms. The van der Waals surface area contributed by atoms with E-state index in [1.165, 1.54) is 13.0 Å². The van der Waals surface area contributed by atoms with Gasteiger partial charge in [-0.25, -0.2) is 4.79 Å². The average molecular weight is 416 g/mol. The summed E-state index contributed by atoms with van der Waals surface area (Å²) in [6.07, 6.45) is 2.66. The molecule has 29 heavy (non-hydrogen) atoms. The van der Waals surface area contributed by atoms with Crippen LogP contribution in [-0.2, 0) is 20.9 Å². The third-order valence-corrected chi connectivity index (χ3v) is 4.49. The Balaban J connectivity index is 1.54. The molecule has 7 heteroatoms. The van der Waals surface area contributed by atoms with Gasteiger partial charge in [0.1, 0.15) is 0 Å². The van der Waals surface area contributed by atoms with Crippen molar-refractivity contribution in [1.29, 1.82) is 0 Å². The van der Waals surface area contributed by atoms with E-state index in [0.29, 0.717) is 41.8 Å². The summed E-state index contributed by atoms with van der Waals surface area (Å²) in [7, 11) is 0. The molecule has 1 aliphatic heterocycles. The highest BCUT2D eigenvalue weighted by molar-refractivity contribution is 6.32. The molecule has 1 amide bonds. The number of hydrogen-bond donors (Lipinski definition) is 1. The number of esters is 1. The fraction of sp³-hybridized carbons (Fsp3) is 0.273. The molecule has 0 aliphatic carbocycles. The maximum absolute atomic E-state index is 12.1. The molecule has 1 atom stereocenters. The lowest BCUT2D eigenvalue weighted by atomic mass is 10.2. The van der Waals surface area contributed by atoms with Gasteiger partial charge in [-0.2, -0.15) is 0 Å². The topological polar surface area (TPSA) is 73.9 Å². The lowest BCUT2D eigenvalue weighted by Crippen LogP contribution is -2.35. The van der Waals surface area contributed by atoms with Crippen molar-refractivity contribution in [2.24, 2.45) is 0 Å². The lowest BCUT2D eigenvalue weighted by molar-refractivity contribution is -0.150. The average Bonchev–Trinajstić information content (AvgIpc) is 2.97. The van der Waals surface area contributed by atoms with Gasteiger partial charge in [-0.05, 0) is 36.3 Å². The normalized spacial score (nSPS) is 14.1. The van der Waals surface area contributed by atoms with Crippen LogP contribution < -0.4 is 14.8 Å². The maximum Gasteiger partial charge on any atom is 0.331 e. The Morgan fingerprint density at radius 3 is 2.76 bits per heavy atom. The molecule has 2 aromatic carbocycles. The van der Waals surface area contributed by atoms with E-state index in [9.17, 15) is 9.59 Å². The minimum Gasteiger partial charge on any atom is -0.489 e. The molecule has 0 unspecified atom stereocenters. The van der Waals surface area contributed by atoms with Crippen LogP contribution in [0.1, 0.15) is 24.5 Å². The highest BCUT2D eigenvalue weighted by atomic mass is 35.5. The van der Waals surface area contributed by atoms with Crippen LogP contribution in [0.5, 0.6) is 11.5 Å². The monoisotopic (exact) mass is 415 g/mol. The molecule has 0 fully saturated rings. The van der Waals surface area contributed by atoms with E-state index in [1.54, 1.807) is 18.2 Å². The number of carbonyl (C=O) groups excluding carboxylic acids is 2. The van der Waals surface area contributed by atoms with E-state index < -0.39 is 12.1 Å². The number of carbonyl (C=O) groups is 2. The van der Waals surface area contributed by atoms with Gasteiger partial charge in [0.15, 0.2) is 17.6 Å². The van der Waals surface area contributed by atoms with Crippen LogP contribution in [-0.4, -0.2) is 31.2 Å². The zero-order valence-corrected chi connectivity index (χ0v) is 16.8. The molecular weight excluding hydrogens is 394 g/mol. The van der Waals surface area contributed by atoms with Crippen molar-refractivity contribution < 1.29 is 23.8 Å². The lowest BCUT2D eigenvalue weighted by Gasteiger charge is -2.12. The first-order chi connectivity index (χ1) is 14.0. The van der Waals surface area contributed by atoms with Gasteiger partial charge in [0.05, 0.1) is 18.2 Å². The number of halogens is 1. The van der Waals surface area contributed by atoms with Crippen molar-refractivity contribution in [3.05, 3.63) is 64.7 Å². The van der Waals surface area contributed by atoms with Gasteiger partial charge in [0.25, 0.3) is 5.91 Å². The molecule has 0 saturated heterocycles. The zero-order chi connectivity index (χ0) is 20.6. The van der Waals surface area contributed by atoms with Gasteiger partial charge in [-0.15, -0.1) is 0 Å². The first-order valence-electron chi connectivity index (χ1n) is 9.32. The highest BCUT2D eigenvalue weighted by Gasteiger charge is 2.17. The Bertz CT molecular complexity index is 898. The summed E-state index contributed by atoms with van der Waals surface area (Å²) in [6, 6.07) is 12.9. The molecule has 0 spiro atoms. The van der Waals surface area contributed by atoms with Crippen molar-refractivity contribution in [3.8, 4) is 11.5 Å². The zero-order valence-electron chi connectivity index (χ0n) is 16.0. The van der Waals surface area contributed by atoms with Gasteiger partial charge < -0.3 is 19.5 Å². The van der Waals surface area contributed by atoms with Crippen molar-refractivity contribution in [3.63, 3.8) is 0 Å². The number of rotatable bonds is 6. The Morgan fingerprint density at radius 1 is 1.21 bits per heavy atom. The van der Waals surface area contributed by atoms with E-state index >= 15 is 0 Å². The maximum atomic E-state index is 12.1. The minimum atomic E-state index is -0.914. The molecule has 6 nitrogen and oxygen atoms in total. The van der Waals surface area contributed by atoms with Crippen LogP contribution in [0.25, 0.3) is 6.08 Å². The molecule has 0 saturated carbocycles. The molecule has 0 radical (unpaired) electrons. The quantitative estimate of drug-likeness (QED) is 0.574. The second-order valence-corrected chi connectivity index (χ2v) is 6.90. The van der Waals surface area contributed by atoms with Crippen molar-refractivity contribution in [2.75, 3.05) is 13.2 Å². The van der Waals surface area contributed by atoms with Crippen LogP contribution >= 0.6 is 11.6 Å². The van der Waals surface area contributed by atoms with Gasteiger partial charge in [-0.1, -0.05) is 41.9 Å². The molecule has 152 valence electrons. The van der Waals surface area contributed by atoms with Crippen molar-refractivity contribution >= 4 is 29.6 Å². The summed E-state index contributed by atoms with van der Waals surface area (Å²) in [4.78, 5) is 24.2. The summed E-state index contributed by atoms with van der Waals surface area (Å²) in [5.74, 6) is 0.0501. The second kappa shape index (κ2) is 9.98. The Morgan fingerprint density at radius 2 is 1.97 bits per heavy atom. The summed E-state index contributed by atoms with van der Waals surface area (Å²) >= 11 is 6.24. The number of hydrogen-bond acceptors (Lipinski definition) is 5.